The second kappa shape index (κ2) is 9.87. The maximum Gasteiger partial charge on any atom is 0.212 e. The standard InChI is InChI=1S/C21H17Cl2NO4S/c1-26-18-5-4-15(29-21-16(22)7-14(11-25)8-17(21)23)9-19(18)28-12-13-3-6-20(27-2)24-10-13/h3-11H,12H2,1-2H3. The van der Waals surface area contributed by atoms with Crippen molar-refractivity contribution >= 4 is 41.2 Å². The average molecular weight is 450 g/mol. The van der Waals surface area contributed by atoms with Crippen LogP contribution in [0.4, 0.5) is 0 Å². The van der Waals surface area contributed by atoms with E-state index in [2.05, 4.69) is 4.98 Å². The fourth-order valence-corrected chi connectivity index (χ4v) is 4.06. The van der Waals surface area contributed by atoms with Crippen LogP contribution in [-0.4, -0.2) is 25.5 Å². The van der Waals surface area contributed by atoms with Gasteiger partial charge in [-0.25, -0.2) is 4.98 Å². The lowest BCUT2D eigenvalue weighted by Crippen LogP contribution is -1.99. The molecule has 29 heavy (non-hydrogen) atoms. The predicted octanol–water partition coefficient (Wildman–Crippen LogP) is 5.95. The van der Waals surface area contributed by atoms with Crippen LogP contribution < -0.4 is 14.2 Å². The van der Waals surface area contributed by atoms with E-state index in [1.54, 1.807) is 38.6 Å². The molecule has 0 saturated heterocycles. The summed E-state index contributed by atoms with van der Waals surface area (Å²) in [6.45, 7) is 0.316. The molecule has 0 N–H and O–H groups in total. The molecule has 0 bridgehead atoms. The average Bonchev–Trinajstić information content (AvgIpc) is 2.75. The summed E-state index contributed by atoms with van der Waals surface area (Å²) in [5.41, 5.74) is 1.32. The zero-order valence-corrected chi connectivity index (χ0v) is 18.0. The Morgan fingerprint density at radius 2 is 1.76 bits per heavy atom. The number of benzene rings is 2. The number of aldehydes is 1. The van der Waals surface area contributed by atoms with Crippen LogP contribution in [-0.2, 0) is 6.61 Å². The van der Waals surface area contributed by atoms with Gasteiger partial charge in [0.1, 0.15) is 12.9 Å². The highest BCUT2D eigenvalue weighted by molar-refractivity contribution is 7.99. The van der Waals surface area contributed by atoms with Crippen molar-refractivity contribution < 1.29 is 19.0 Å². The summed E-state index contributed by atoms with van der Waals surface area (Å²) in [6.07, 6.45) is 2.40. The van der Waals surface area contributed by atoms with Gasteiger partial charge < -0.3 is 14.2 Å². The Bertz CT molecular complexity index is 989. The third-order valence-electron chi connectivity index (χ3n) is 3.91. The molecule has 3 aromatic rings. The predicted molar refractivity (Wildman–Crippen MR) is 114 cm³/mol. The van der Waals surface area contributed by atoms with Crippen molar-refractivity contribution in [1.29, 1.82) is 0 Å². The van der Waals surface area contributed by atoms with E-state index < -0.39 is 0 Å². The second-order valence-corrected chi connectivity index (χ2v) is 7.74. The zero-order chi connectivity index (χ0) is 20.8. The van der Waals surface area contributed by atoms with Gasteiger partial charge in [0.2, 0.25) is 5.88 Å². The third-order valence-corrected chi connectivity index (χ3v) is 5.87. The van der Waals surface area contributed by atoms with Crippen LogP contribution in [0.25, 0.3) is 0 Å². The zero-order valence-electron chi connectivity index (χ0n) is 15.6. The Labute approximate surface area is 182 Å². The first-order chi connectivity index (χ1) is 14.0. The molecule has 0 aliphatic rings. The topological polar surface area (TPSA) is 57.7 Å². The Kier molecular flexibility index (Phi) is 7.25. The van der Waals surface area contributed by atoms with E-state index in [-0.39, 0.29) is 0 Å². The van der Waals surface area contributed by atoms with Gasteiger partial charge in [0.25, 0.3) is 0 Å². The van der Waals surface area contributed by atoms with E-state index in [9.17, 15) is 4.79 Å². The molecule has 150 valence electrons. The molecule has 3 rings (SSSR count). The van der Waals surface area contributed by atoms with Gasteiger partial charge in [-0.2, -0.15) is 0 Å². The summed E-state index contributed by atoms with van der Waals surface area (Å²) in [5, 5.41) is 0.819. The van der Waals surface area contributed by atoms with Gasteiger partial charge in [-0.1, -0.05) is 35.0 Å². The number of carbonyl (C=O) groups excluding carboxylic acids is 1. The second-order valence-electron chi connectivity index (χ2n) is 5.84. The number of ether oxygens (including phenoxy) is 3. The molecular weight excluding hydrogens is 433 g/mol. The largest absolute Gasteiger partial charge is 0.493 e. The Morgan fingerprint density at radius 3 is 2.34 bits per heavy atom. The van der Waals surface area contributed by atoms with Crippen molar-refractivity contribution in [3.8, 4) is 17.4 Å². The number of rotatable bonds is 8. The van der Waals surface area contributed by atoms with Gasteiger partial charge in [-0.3, -0.25) is 4.79 Å². The maximum absolute atomic E-state index is 11.0. The number of hydrogen-bond donors (Lipinski definition) is 0. The monoisotopic (exact) mass is 449 g/mol. The summed E-state index contributed by atoms with van der Waals surface area (Å²) in [5.74, 6) is 1.72. The van der Waals surface area contributed by atoms with Gasteiger partial charge in [0, 0.05) is 33.2 Å². The number of nitrogens with zero attached hydrogens (tertiary/aromatic N) is 1. The van der Waals surface area contributed by atoms with E-state index in [1.165, 1.54) is 11.8 Å². The highest BCUT2D eigenvalue weighted by Gasteiger charge is 2.13. The van der Waals surface area contributed by atoms with Crippen LogP contribution in [0.3, 0.4) is 0 Å². The lowest BCUT2D eigenvalue weighted by atomic mass is 10.2. The quantitative estimate of drug-likeness (QED) is 0.396. The highest BCUT2D eigenvalue weighted by Crippen LogP contribution is 2.42. The van der Waals surface area contributed by atoms with Crippen LogP contribution >= 0.6 is 35.0 Å². The Hall–Kier alpha value is -2.41. The van der Waals surface area contributed by atoms with Crippen molar-refractivity contribution in [2.45, 2.75) is 16.4 Å². The molecule has 0 fully saturated rings. The van der Waals surface area contributed by atoms with Crippen LogP contribution in [0.5, 0.6) is 17.4 Å². The van der Waals surface area contributed by atoms with Crippen molar-refractivity contribution in [3.05, 3.63) is 69.8 Å². The van der Waals surface area contributed by atoms with E-state index in [4.69, 9.17) is 37.4 Å². The van der Waals surface area contributed by atoms with Gasteiger partial charge in [0.15, 0.2) is 11.5 Å². The summed E-state index contributed by atoms with van der Waals surface area (Å²) in [4.78, 5) is 16.6. The van der Waals surface area contributed by atoms with E-state index in [1.807, 2.05) is 24.3 Å². The van der Waals surface area contributed by atoms with Crippen molar-refractivity contribution in [3.63, 3.8) is 0 Å². The molecule has 0 aliphatic carbocycles. The summed E-state index contributed by atoms with van der Waals surface area (Å²) >= 11 is 14.0. The Balaban J connectivity index is 1.80. The summed E-state index contributed by atoms with van der Waals surface area (Å²) < 4.78 is 16.4. The first-order valence-electron chi connectivity index (χ1n) is 8.46. The molecule has 0 radical (unpaired) electrons. The van der Waals surface area contributed by atoms with E-state index in [0.717, 1.165) is 10.5 Å². The fraction of sp³-hybridized carbons (Fsp3) is 0.143. The number of hydrogen-bond acceptors (Lipinski definition) is 6. The normalized spacial score (nSPS) is 10.5. The van der Waals surface area contributed by atoms with Crippen LogP contribution in [0.1, 0.15) is 15.9 Å². The minimum Gasteiger partial charge on any atom is -0.493 e. The number of aromatic nitrogens is 1. The fourth-order valence-electron chi connectivity index (χ4n) is 2.47. The molecule has 1 heterocycles. The molecule has 8 heteroatoms. The Morgan fingerprint density at radius 1 is 1.00 bits per heavy atom. The lowest BCUT2D eigenvalue weighted by Gasteiger charge is -2.13. The number of methoxy groups -OCH3 is 2. The molecule has 0 atom stereocenters. The summed E-state index contributed by atoms with van der Waals surface area (Å²) in [6, 6.07) is 12.4. The minimum atomic E-state index is 0.316. The van der Waals surface area contributed by atoms with Crippen molar-refractivity contribution in [2.24, 2.45) is 0 Å². The summed E-state index contributed by atoms with van der Waals surface area (Å²) in [7, 11) is 3.15. The molecule has 0 unspecified atom stereocenters. The van der Waals surface area contributed by atoms with Crippen LogP contribution in [0, 0.1) is 0 Å². The first-order valence-corrected chi connectivity index (χ1v) is 10.0. The van der Waals surface area contributed by atoms with Gasteiger partial charge in [0.05, 0.1) is 24.3 Å². The van der Waals surface area contributed by atoms with Gasteiger partial charge in [-0.05, 0) is 36.4 Å². The molecule has 0 amide bonds. The molecule has 0 spiro atoms. The maximum atomic E-state index is 11.0. The number of halogens is 2. The van der Waals surface area contributed by atoms with E-state index >= 15 is 0 Å². The van der Waals surface area contributed by atoms with Crippen molar-refractivity contribution in [1.82, 2.24) is 4.98 Å². The molecule has 2 aromatic carbocycles. The smallest absolute Gasteiger partial charge is 0.212 e. The number of pyridine rings is 1. The van der Waals surface area contributed by atoms with E-state index in [0.29, 0.717) is 50.8 Å². The molecular formula is C21H17Cl2NO4S. The minimum absolute atomic E-state index is 0.316. The van der Waals surface area contributed by atoms with Crippen molar-refractivity contribution in [2.75, 3.05) is 14.2 Å². The lowest BCUT2D eigenvalue weighted by molar-refractivity contribution is 0.112. The highest BCUT2D eigenvalue weighted by atomic mass is 35.5. The van der Waals surface area contributed by atoms with Crippen LogP contribution in [0.2, 0.25) is 10.0 Å². The number of carbonyl (C=O) groups is 1. The van der Waals surface area contributed by atoms with Crippen LogP contribution in [0.15, 0.2) is 58.5 Å². The molecule has 5 nitrogen and oxygen atoms in total. The third kappa shape index (κ3) is 5.35. The van der Waals surface area contributed by atoms with Gasteiger partial charge in [-0.15, -0.1) is 0 Å². The molecule has 0 aliphatic heterocycles. The van der Waals surface area contributed by atoms with Gasteiger partial charge >= 0.3 is 0 Å². The molecule has 0 saturated carbocycles. The first kappa shape index (κ1) is 21.3. The molecule has 1 aromatic heterocycles. The SMILES string of the molecule is COc1ccc(COc2cc(Sc3c(Cl)cc(C=O)cc3Cl)ccc2OC)cn1.